The molecule has 0 unspecified atom stereocenters. The maximum atomic E-state index is 10.5. The molecule has 114 valence electrons. The number of alkyl halides is 1. The normalized spacial score (nSPS) is 10.8. The van der Waals surface area contributed by atoms with Crippen LogP contribution in [0.2, 0.25) is 0 Å². The average molecular weight is 309 g/mol. The van der Waals surface area contributed by atoms with Crippen molar-refractivity contribution in [1.29, 1.82) is 0 Å². The molecule has 0 saturated heterocycles. The van der Waals surface area contributed by atoms with Crippen LogP contribution in [0.3, 0.4) is 0 Å². The van der Waals surface area contributed by atoms with Crippen molar-refractivity contribution in [3.8, 4) is 0 Å². The molecule has 0 aromatic carbocycles. The van der Waals surface area contributed by atoms with Gasteiger partial charge in [0.25, 0.3) is 0 Å². The third-order valence-electron chi connectivity index (χ3n) is 3.51. The fraction of sp³-hybridized carbons (Fsp3) is 0.938. The van der Waals surface area contributed by atoms with Gasteiger partial charge in [0.05, 0.1) is 0 Å². The van der Waals surface area contributed by atoms with Gasteiger partial charge in [-0.1, -0.05) is 70.6 Å². The van der Waals surface area contributed by atoms with Crippen LogP contribution in [0, 0.1) is 0 Å². The first-order valence-corrected chi connectivity index (χ1v) is 8.93. The molecule has 0 saturated carbocycles. The third kappa shape index (κ3) is 18.2. The highest BCUT2D eigenvalue weighted by Gasteiger charge is 1.96. The van der Waals surface area contributed by atoms with Crippen LogP contribution in [0.5, 0.6) is 0 Å². The monoisotopic (exact) mass is 308 g/mol. The molecule has 0 spiro atoms. The lowest BCUT2D eigenvalue weighted by molar-refractivity contribution is -0.111. The summed E-state index contributed by atoms with van der Waals surface area (Å²) in [6, 6.07) is 0. The number of carbonyl (C=O) groups excluding carboxylic acids is 1. The number of hydrogen-bond acceptors (Lipinski definition) is 1. The Balaban J connectivity index is 2.93. The van der Waals surface area contributed by atoms with Crippen molar-refractivity contribution in [2.45, 2.75) is 89.9 Å². The van der Waals surface area contributed by atoms with Gasteiger partial charge in [0, 0.05) is 12.3 Å². The zero-order chi connectivity index (χ0) is 14.2. The van der Waals surface area contributed by atoms with Gasteiger partial charge in [-0.05, 0) is 24.4 Å². The second-order valence-corrected chi connectivity index (χ2v) is 6.19. The number of hydrogen-bond donors (Lipinski definition) is 0. The van der Waals surface area contributed by atoms with Gasteiger partial charge in [-0.25, -0.2) is 0 Å². The van der Waals surface area contributed by atoms with Crippen LogP contribution in [-0.4, -0.2) is 11.1 Å². The number of rotatable bonds is 15. The van der Waals surface area contributed by atoms with Crippen LogP contribution < -0.4 is 0 Å². The van der Waals surface area contributed by atoms with Gasteiger partial charge < -0.3 is 0 Å². The summed E-state index contributed by atoms with van der Waals surface area (Å²) in [6.45, 7) is 0. The molecule has 0 aliphatic heterocycles. The molecule has 0 aromatic heterocycles. The Bertz CT molecular complexity index is 195. The van der Waals surface area contributed by atoms with Crippen molar-refractivity contribution < 1.29 is 4.79 Å². The number of halogens is 2. The predicted octanol–water partition coefficient (Wildman–Crippen LogP) is 6.45. The van der Waals surface area contributed by atoms with E-state index < -0.39 is 0 Å². The standard InChI is InChI=1S/C16H30Cl2O/c17-15-13-11-9-7-5-3-1-2-4-6-8-10-12-14-16(18)19/h1-15H2. The summed E-state index contributed by atoms with van der Waals surface area (Å²) >= 11 is 10.9. The van der Waals surface area contributed by atoms with E-state index in [-0.39, 0.29) is 5.24 Å². The molecule has 3 heteroatoms. The lowest BCUT2D eigenvalue weighted by atomic mass is 10.0. The summed E-state index contributed by atoms with van der Waals surface area (Å²) in [6.07, 6.45) is 17.3. The van der Waals surface area contributed by atoms with Gasteiger partial charge in [0.1, 0.15) is 0 Å². The molecule has 0 fully saturated rings. The Hall–Kier alpha value is 0.250. The Labute approximate surface area is 129 Å². The van der Waals surface area contributed by atoms with E-state index in [0.717, 1.165) is 18.7 Å². The maximum Gasteiger partial charge on any atom is 0.221 e. The SMILES string of the molecule is O=C(Cl)CCCCCCCCCCCCCCCCl. The Morgan fingerprint density at radius 2 is 0.895 bits per heavy atom. The van der Waals surface area contributed by atoms with Crippen molar-refractivity contribution in [2.75, 3.05) is 5.88 Å². The summed E-state index contributed by atoms with van der Waals surface area (Å²) in [5.74, 6) is 0.819. The summed E-state index contributed by atoms with van der Waals surface area (Å²) in [5.41, 5.74) is 0. The number of unbranched alkanes of at least 4 members (excludes halogenated alkanes) is 12. The largest absolute Gasteiger partial charge is 0.281 e. The molecular weight excluding hydrogens is 279 g/mol. The van der Waals surface area contributed by atoms with E-state index in [1.54, 1.807) is 0 Å². The summed E-state index contributed by atoms with van der Waals surface area (Å²) in [4.78, 5) is 10.5. The molecule has 0 rings (SSSR count). The molecule has 0 bridgehead atoms. The van der Waals surface area contributed by atoms with E-state index in [0.29, 0.717) is 6.42 Å². The van der Waals surface area contributed by atoms with Crippen LogP contribution in [0.15, 0.2) is 0 Å². The van der Waals surface area contributed by atoms with E-state index in [2.05, 4.69) is 0 Å². The van der Waals surface area contributed by atoms with Crippen molar-refractivity contribution in [2.24, 2.45) is 0 Å². The first-order chi connectivity index (χ1) is 9.27. The first kappa shape index (κ1) is 19.2. The molecule has 19 heavy (non-hydrogen) atoms. The summed E-state index contributed by atoms with van der Waals surface area (Å²) in [5, 5.41) is -0.189. The molecule has 1 nitrogen and oxygen atoms in total. The quantitative estimate of drug-likeness (QED) is 0.193. The van der Waals surface area contributed by atoms with E-state index in [4.69, 9.17) is 23.2 Å². The van der Waals surface area contributed by atoms with E-state index in [9.17, 15) is 4.79 Å². The van der Waals surface area contributed by atoms with Gasteiger partial charge in [-0.3, -0.25) is 4.79 Å². The predicted molar refractivity (Wildman–Crippen MR) is 86.2 cm³/mol. The zero-order valence-corrected chi connectivity index (χ0v) is 13.8. The van der Waals surface area contributed by atoms with Crippen molar-refractivity contribution in [1.82, 2.24) is 0 Å². The fourth-order valence-electron chi connectivity index (χ4n) is 2.30. The third-order valence-corrected chi connectivity index (χ3v) is 3.96. The Kier molecular flexibility index (Phi) is 16.5. The molecule has 0 aromatic rings. The van der Waals surface area contributed by atoms with E-state index in [1.165, 1.54) is 70.6 Å². The highest BCUT2D eigenvalue weighted by molar-refractivity contribution is 6.63. The highest BCUT2D eigenvalue weighted by atomic mass is 35.5. The molecule has 0 amide bonds. The second kappa shape index (κ2) is 16.3. The summed E-state index contributed by atoms with van der Waals surface area (Å²) < 4.78 is 0. The number of carbonyl (C=O) groups is 1. The van der Waals surface area contributed by atoms with Gasteiger partial charge in [0.2, 0.25) is 5.24 Å². The molecule has 0 aliphatic rings. The second-order valence-electron chi connectivity index (χ2n) is 5.39. The Morgan fingerprint density at radius 1 is 0.579 bits per heavy atom. The van der Waals surface area contributed by atoms with Gasteiger partial charge in [-0.2, -0.15) is 0 Å². The molecule has 0 atom stereocenters. The minimum absolute atomic E-state index is 0.189. The molecule has 0 heterocycles. The minimum Gasteiger partial charge on any atom is -0.281 e. The van der Waals surface area contributed by atoms with Gasteiger partial charge in [0.15, 0.2) is 0 Å². The van der Waals surface area contributed by atoms with Crippen molar-refractivity contribution >= 4 is 28.4 Å². The van der Waals surface area contributed by atoms with Crippen LogP contribution in [0.25, 0.3) is 0 Å². The maximum absolute atomic E-state index is 10.5. The molecular formula is C16H30Cl2O. The van der Waals surface area contributed by atoms with Crippen LogP contribution in [0.1, 0.15) is 89.9 Å². The van der Waals surface area contributed by atoms with Crippen molar-refractivity contribution in [3.63, 3.8) is 0 Å². The lowest BCUT2D eigenvalue weighted by Crippen LogP contribution is -1.86. The van der Waals surface area contributed by atoms with Crippen LogP contribution in [-0.2, 0) is 4.79 Å². The average Bonchev–Trinajstić information content (AvgIpc) is 2.39. The van der Waals surface area contributed by atoms with Crippen LogP contribution >= 0.6 is 23.2 Å². The molecule has 0 N–H and O–H groups in total. The van der Waals surface area contributed by atoms with Crippen molar-refractivity contribution in [3.05, 3.63) is 0 Å². The minimum atomic E-state index is -0.189. The molecule has 0 radical (unpaired) electrons. The first-order valence-electron chi connectivity index (χ1n) is 8.01. The topological polar surface area (TPSA) is 17.1 Å². The van der Waals surface area contributed by atoms with E-state index in [1.807, 2.05) is 0 Å². The fourth-order valence-corrected chi connectivity index (χ4v) is 2.63. The zero-order valence-electron chi connectivity index (χ0n) is 12.3. The highest BCUT2D eigenvalue weighted by Crippen LogP contribution is 2.13. The Morgan fingerprint density at radius 3 is 1.21 bits per heavy atom. The molecule has 0 aliphatic carbocycles. The van der Waals surface area contributed by atoms with Gasteiger partial charge in [-0.15, -0.1) is 11.6 Å². The lowest BCUT2D eigenvalue weighted by Gasteiger charge is -2.02. The smallest absolute Gasteiger partial charge is 0.221 e. The summed E-state index contributed by atoms with van der Waals surface area (Å²) in [7, 11) is 0. The van der Waals surface area contributed by atoms with Crippen LogP contribution in [0.4, 0.5) is 0 Å². The van der Waals surface area contributed by atoms with E-state index >= 15 is 0 Å². The van der Waals surface area contributed by atoms with Gasteiger partial charge >= 0.3 is 0 Å².